The molecule has 2 heterocycles. The van der Waals surface area contributed by atoms with Crippen molar-refractivity contribution in [2.75, 3.05) is 0 Å². The molecule has 0 spiro atoms. The number of aromatic nitrogens is 3. The fraction of sp³-hybridized carbons (Fsp3) is 0.278. The summed E-state index contributed by atoms with van der Waals surface area (Å²) >= 11 is 0. The minimum absolute atomic E-state index is 0.155. The smallest absolute Gasteiger partial charge is 0.278 e. The van der Waals surface area contributed by atoms with Crippen molar-refractivity contribution in [3.8, 4) is 11.3 Å². The van der Waals surface area contributed by atoms with Gasteiger partial charge in [-0.3, -0.25) is 9.36 Å². The average molecular weight is 309 g/mol. The lowest BCUT2D eigenvalue weighted by Gasteiger charge is -2.12. The molecule has 0 saturated heterocycles. The van der Waals surface area contributed by atoms with E-state index in [9.17, 15) is 9.18 Å². The number of rotatable bonds is 3. The van der Waals surface area contributed by atoms with Crippen LogP contribution >= 0.6 is 0 Å². The van der Waals surface area contributed by atoms with Crippen molar-refractivity contribution in [1.29, 1.82) is 0 Å². The van der Waals surface area contributed by atoms with Crippen molar-refractivity contribution in [3.63, 3.8) is 0 Å². The van der Waals surface area contributed by atoms with Gasteiger partial charge in [-0.05, 0) is 61.6 Å². The van der Waals surface area contributed by atoms with Gasteiger partial charge >= 0.3 is 0 Å². The summed E-state index contributed by atoms with van der Waals surface area (Å²) in [6.45, 7) is 2.46. The van der Waals surface area contributed by atoms with E-state index in [0.717, 1.165) is 12.8 Å². The molecule has 5 heteroatoms. The molecule has 23 heavy (non-hydrogen) atoms. The van der Waals surface area contributed by atoms with E-state index in [4.69, 9.17) is 0 Å². The van der Waals surface area contributed by atoms with Gasteiger partial charge in [0.25, 0.3) is 5.56 Å². The highest BCUT2D eigenvalue weighted by Crippen LogP contribution is 2.31. The van der Waals surface area contributed by atoms with Crippen molar-refractivity contribution in [1.82, 2.24) is 14.5 Å². The van der Waals surface area contributed by atoms with Crippen LogP contribution in [-0.2, 0) is 6.54 Å². The largest absolute Gasteiger partial charge is 0.289 e. The Bertz CT molecular complexity index is 960. The minimum Gasteiger partial charge on any atom is -0.289 e. The van der Waals surface area contributed by atoms with Crippen molar-refractivity contribution >= 4 is 11.2 Å². The third-order valence-electron chi connectivity index (χ3n) is 4.28. The van der Waals surface area contributed by atoms with Crippen LogP contribution in [-0.4, -0.2) is 14.5 Å². The highest BCUT2D eigenvalue weighted by molar-refractivity contribution is 5.75. The lowest BCUT2D eigenvalue weighted by Crippen LogP contribution is -2.25. The number of nitrogens with zero attached hydrogens (tertiary/aromatic N) is 3. The second-order valence-electron chi connectivity index (χ2n) is 6.12. The summed E-state index contributed by atoms with van der Waals surface area (Å²) < 4.78 is 15.1. The zero-order valence-corrected chi connectivity index (χ0v) is 12.8. The van der Waals surface area contributed by atoms with Crippen molar-refractivity contribution < 1.29 is 4.39 Å². The monoisotopic (exact) mass is 309 g/mol. The quantitative estimate of drug-likeness (QED) is 0.745. The highest BCUT2D eigenvalue weighted by Gasteiger charge is 2.24. The first-order valence-corrected chi connectivity index (χ1v) is 7.75. The third-order valence-corrected chi connectivity index (χ3v) is 4.28. The molecule has 0 bridgehead atoms. The molecule has 4 nitrogen and oxygen atoms in total. The zero-order valence-electron chi connectivity index (χ0n) is 12.8. The molecule has 2 aromatic heterocycles. The Morgan fingerprint density at radius 1 is 1.30 bits per heavy atom. The Morgan fingerprint density at radius 2 is 2.13 bits per heavy atom. The molecule has 0 amide bonds. The van der Waals surface area contributed by atoms with Crippen LogP contribution in [0.25, 0.3) is 22.4 Å². The fourth-order valence-corrected chi connectivity index (χ4v) is 2.87. The molecular weight excluding hydrogens is 293 g/mol. The third kappa shape index (κ3) is 2.52. The number of hydrogen-bond donors (Lipinski definition) is 0. The van der Waals surface area contributed by atoms with Gasteiger partial charge in [0.1, 0.15) is 17.0 Å². The summed E-state index contributed by atoms with van der Waals surface area (Å²) in [7, 11) is 0. The average Bonchev–Trinajstić information content (AvgIpc) is 3.34. The predicted molar refractivity (Wildman–Crippen MR) is 86.7 cm³/mol. The molecule has 1 fully saturated rings. The van der Waals surface area contributed by atoms with Crippen molar-refractivity contribution in [2.45, 2.75) is 26.3 Å². The number of hydrogen-bond acceptors (Lipinski definition) is 3. The molecule has 0 aliphatic heterocycles. The summed E-state index contributed by atoms with van der Waals surface area (Å²) in [5.74, 6) is 0.231. The van der Waals surface area contributed by atoms with E-state index in [0.29, 0.717) is 40.4 Å². The lowest BCUT2D eigenvalue weighted by atomic mass is 10.1. The van der Waals surface area contributed by atoms with Crippen LogP contribution in [0.15, 0.2) is 41.3 Å². The highest BCUT2D eigenvalue weighted by atomic mass is 19.1. The first-order valence-electron chi connectivity index (χ1n) is 7.75. The SMILES string of the molecule is Cc1cc(F)ccc1-c1nc2cccnc2n(CC2CC2)c1=O. The van der Waals surface area contributed by atoms with E-state index in [-0.39, 0.29) is 11.4 Å². The number of benzene rings is 1. The fourth-order valence-electron chi connectivity index (χ4n) is 2.87. The summed E-state index contributed by atoms with van der Waals surface area (Å²) in [6.07, 6.45) is 3.97. The summed E-state index contributed by atoms with van der Waals surface area (Å²) in [5, 5.41) is 0. The molecule has 4 rings (SSSR count). The Morgan fingerprint density at radius 3 is 2.87 bits per heavy atom. The van der Waals surface area contributed by atoms with E-state index in [1.165, 1.54) is 12.1 Å². The molecule has 116 valence electrons. The Labute approximate surface area is 132 Å². The lowest BCUT2D eigenvalue weighted by molar-refractivity contribution is 0.620. The Hall–Kier alpha value is -2.56. The molecule has 3 aromatic rings. The van der Waals surface area contributed by atoms with Crippen LogP contribution in [0, 0.1) is 18.7 Å². The standard InChI is InChI=1S/C18H16FN3O/c1-11-9-13(19)6-7-14(11)16-18(23)22(10-12-4-5-12)17-15(21-16)3-2-8-20-17/h2-3,6-9,12H,4-5,10H2,1H3. The second kappa shape index (κ2) is 5.26. The van der Waals surface area contributed by atoms with Crippen LogP contribution in [0.2, 0.25) is 0 Å². The van der Waals surface area contributed by atoms with E-state index in [1.54, 1.807) is 23.8 Å². The van der Waals surface area contributed by atoms with Crippen LogP contribution in [0.5, 0.6) is 0 Å². The maximum atomic E-state index is 13.4. The number of pyridine rings is 1. The molecular formula is C18H16FN3O. The first-order chi connectivity index (χ1) is 11.1. The Kier molecular flexibility index (Phi) is 3.22. The number of fused-ring (bicyclic) bond motifs is 1. The first kappa shape index (κ1) is 14.1. The molecule has 0 atom stereocenters. The zero-order chi connectivity index (χ0) is 16.0. The molecule has 1 aliphatic carbocycles. The summed E-state index contributed by atoms with van der Waals surface area (Å²) in [5.41, 5.74) is 2.89. The van der Waals surface area contributed by atoms with Crippen molar-refractivity contribution in [3.05, 3.63) is 58.3 Å². The number of aryl methyl sites for hydroxylation is 1. The van der Waals surface area contributed by atoms with Crippen LogP contribution in [0.4, 0.5) is 4.39 Å². The summed E-state index contributed by atoms with van der Waals surface area (Å²) in [4.78, 5) is 21.8. The normalized spacial score (nSPS) is 14.3. The van der Waals surface area contributed by atoms with Gasteiger partial charge in [0, 0.05) is 18.3 Å². The van der Waals surface area contributed by atoms with Gasteiger partial charge < -0.3 is 0 Å². The van der Waals surface area contributed by atoms with Gasteiger partial charge in [0.15, 0.2) is 5.65 Å². The van der Waals surface area contributed by atoms with Crippen LogP contribution < -0.4 is 5.56 Å². The maximum absolute atomic E-state index is 13.4. The topological polar surface area (TPSA) is 47.8 Å². The maximum Gasteiger partial charge on any atom is 0.278 e. The van der Waals surface area contributed by atoms with E-state index in [1.807, 2.05) is 12.1 Å². The van der Waals surface area contributed by atoms with E-state index in [2.05, 4.69) is 9.97 Å². The van der Waals surface area contributed by atoms with E-state index >= 15 is 0 Å². The van der Waals surface area contributed by atoms with Crippen molar-refractivity contribution in [2.24, 2.45) is 5.92 Å². The molecule has 0 N–H and O–H groups in total. The van der Waals surface area contributed by atoms with Gasteiger partial charge in [-0.2, -0.15) is 0 Å². The van der Waals surface area contributed by atoms with Crippen LogP contribution in [0.3, 0.4) is 0 Å². The Balaban J connectivity index is 1.99. The molecule has 1 saturated carbocycles. The number of halogens is 1. The second-order valence-corrected chi connectivity index (χ2v) is 6.12. The molecule has 1 aromatic carbocycles. The predicted octanol–water partition coefficient (Wildman–Crippen LogP) is 3.32. The van der Waals surface area contributed by atoms with Gasteiger partial charge in [0.05, 0.1) is 0 Å². The summed E-state index contributed by atoms with van der Waals surface area (Å²) in [6, 6.07) is 8.07. The van der Waals surface area contributed by atoms with Gasteiger partial charge in [0.2, 0.25) is 0 Å². The van der Waals surface area contributed by atoms with Gasteiger partial charge in [-0.1, -0.05) is 0 Å². The van der Waals surface area contributed by atoms with Crippen LogP contribution in [0.1, 0.15) is 18.4 Å². The molecule has 0 radical (unpaired) electrons. The van der Waals surface area contributed by atoms with Gasteiger partial charge in [-0.25, -0.2) is 14.4 Å². The molecule has 0 unspecified atom stereocenters. The minimum atomic E-state index is -0.313. The van der Waals surface area contributed by atoms with Gasteiger partial charge in [-0.15, -0.1) is 0 Å². The van der Waals surface area contributed by atoms with E-state index < -0.39 is 0 Å². The molecule has 1 aliphatic rings.